The number of nitrogens with zero attached hydrogens (tertiary/aromatic N) is 1. The molecule has 0 amide bonds. The zero-order valence-corrected chi connectivity index (χ0v) is 10.7. The lowest BCUT2D eigenvalue weighted by Gasteiger charge is -2.04. The molecule has 1 heterocycles. The summed E-state index contributed by atoms with van der Waals surface area (Å²) in [7, 11) is 0. The van der Waals surface area contributed by atoms with Gasteiger partial charge in [0.25, 0.3) is 0 Å². The summed E-state index contributed by atoms with van der Waals surface area (Å²) in [5.41, 5.74) is 6.00. The molecular weight excluding hydrogens is 244 g/mol. The Bertz CT molecular complexity index is 673. The predicted molar refractivity (Wildman–Crippen MR) is 75.2 cm³/mol. The molecule has 0 radical (unpaired) electrons. The van der Waals surface area contributed by atoms with Crippen LogP contribution >= 0.6 is 11.3 Å². The maximum absolute atomic E-state index is 8.93. The zero-order chi connectivity index (χ0) is 12.5. The lowest BCUT2D eigenvalue weighted by molar-refractivity contribution is 0.388. The monoisotopic (exact) mass is 256 g/mol. The second-order valence-electron chi connectivity index (χ2n) is 4.13. The van der Waals surface area contributed by atoms with Crippen molar-refractivity contribution in [3.05, 3.63) is 48.0 Å². The van der Waals surface area contributed by atoms with E-state index >= 15 is 0 Å². The molecule has 18 heavy (non-hydrogen) atoms. The first-order valence-corrected chi connectivity index (χ1v) is 6.46. The molecule has 0 unspecified atom stereocenters. The first-order chi connectivity index (χ1) is 8.78. The maximum Gasteiger partial charge on any atom is 0.124 e. The van der Waals surface area contributed by atoms with Crippen molar-refractivity contribution in [3.8, 4) is 10.6 Å². The fourth-order valence-electron chi connectivity index (χ4n) is 1.92. The van der Waals surface area contributed by atoms with Gasteiger partial charge in [0.05, 0.1) is 15.9 Å². The number of aromatic nitrogens is 1. The van der Waals surface area contributed by atoms with Gasteiger partial charge in [-0.25, -0.2) is 4.98 Å². The van der Waals surface area contributed by atoms with Gasteiger partial charge in [0.15, 0.2) is 0 Å². The topological polar surface area (TPSA) is 45.2 Å². The van der Waals surface area contributed by atoms with Gasteiger partial charge in [0.2, 0.25) is 0 Å². The number of hydrogen-bond donors (Lipinski definition) is 2. The van der Waals surface area contributed by atoms with Crippen molar-refractivity contribution >= 4 is 27.2 Å². The first-order valence-electron chi connectivity index (χ1n) is 5.64. The molecule has 0 bridgehead atoms. The Kier molecular flexibility index (Phi) is 2.74. The van der Waals surface area contributed by atoms with Crippen molar-refractivity contribution < 1.29 is 5.21 Å². The molecule has 0 fully saturated rings. The van der Waals surface area contributed by atoms with E-state index in [0.717, 1.165) is 27.3 Å². The van der Waals surface area contributed by atoms with Gasteiger partial charge in [-0.2, -0.15) is 0 Å². The Hall–Kier alpha value is -1.91. The second kappa shape index (κ2) is 4.40. The first kappa shape index (κ1) is 11.2. The van der Waals surface area contributed by atoms with Crippen LogP contribution in [-0.4, -0.2) is 10.2 Å². The zero-order valence-electron chi connectivity index (χ0n) is 9.84. The van der Waals surface area contributed by atoms with Crippen molar-refractivity contribution in [2.75, 3.05) is 5.48 Å². The molecule has 0 saturated carbocycles. The third-order valence-electron chi connectivity index (χ3n) is 2.89. The summed E-state index contributed by atoms with van der Waals surface area (Å²) in [5, 5.41) is 9.93. The normalized spacial score (nSPS) is 10.8. The molecule has 0 aliphatic rings. The summed E-state index contributed by atoms with van der Waals surface area (Å²) >= 11 is 1.68. The molecule has 90 valence electrons. The Labute approximate surface area is 109 Å². The lowest BCUT2D eigenvalue weighted by Crippen LogP contribution is -1.92. The summed E-state index contributed by atoms with van der Waals surface area (Å²) in [6, 6.07) is 14.0. The van der Waals surface area contributed by atoms with E-state index < -0.39 is 0 Å². The number of hydrogen-bond acceptors (Lipinski definition) is 4. The third kappa shape index (κ3) is 1.85. The van der Waals surface area contributed by atoms with E-state index in [1.165, 1.54) is 4.70 Å². The van der Waals surface area contributed by atoms with Crippen molar-refractivity contribution in [3.63, 3.8) is 0 Å². The molecule has 0 spiro atoms. The van der Waals surface area contributed by atoms with Crippen molar-refractivity contribution in [1.29, 1.82) is 0 Å². The smallest absolute Gasteiger partial charge is 0.124 e. The highest BCUT2D eigenvalue weighted by Crippen LogP contribution is 2.31. The van der Waals surface area contributed by atoms with Crippen molar-refractivity contribution in [1.82, 2.24) is 4.98 Å². The molecule has 1 aromatic heterocycles. The van der Waals surface area contributed by atoms with Crippen LogP contribution in [0.3, 0.4) is 0 Å². The number of anilines is 1. The van der Waals surface area contributed by atoms with Gasteiger partial charge in [-0.05, 0) is 42.8 Å². The van der Waals surface area contributed by atoms with Gasteiger partial charge in [-0.15, -0.1) is 11.3 Å². The van der Waals surface area contributed by atoms with E-state index in [1.54, 1.807) is 11.3 Å². The van der Waals surface area contributed by atoms with Gasteiger partial charge in [-0.1, -0.05) is 12.1 Å². The predicted octanol–water partition coefficient (Wildman–Crippen LogP) is 4.07. The molecule has 2 aromatic carbocycles. The largest absolute Gasteiger partial charge is 0.291 e. The highest BCUT2D eigenvalue weighted by Gasteiger charge is 2.07. The minimum Gasteiger partial charge on any atom is -0.291 e. The van der Waals surface area contributed by atoms with Crippen LogP contribution in [0.4, 0.5) is 5.69 Å². The van der Waals surface area contributed by atoms with Crippen LogP contribution in [0.25, 0.3) is 20.8 Å². The van der Waals surface area contributed by atoms with E-state index in [-0.39, 0.29) is 0 Å². The van der Waals surface area contributed by atoms with Crippen LogP contribution < -0.4 is 5.48 Å². The summed E-state index contributed by atoms with van der Waals surface area (Å²) in [4.78, 5) is 4.62. The molecule has 3 aromatic rings. The van der Waals surface area contributed by atoms with Crippen LogP contribution in [0, 0.1) is 6.92 Å². The number of aryl methyl sites for hydroxylation is 1. The maximum atomic E-state index is 8.93. The van der Waals surface area contributed by atoms with E-state index in [0.29, 0.717) is 0 Å². The third-order valence-corrected chi connectivity index (χ3v) is 3.97. The minimum absolute atomic E-state index is 0.722. The summed E-state index contributed by atoms with van der Waals surface area (Å²) in [6.07, 6.45) is 0. The van der Waals surface area contributed by atoms with E-state index in [2.05, 4.69) is 16.5 Å². The van der Waals surface area contributed by atoms with Crippen LogP contribution in [0.2, 0.25) is 0 Å². The fourth-order valence-corrected chi connectivity index (χ4v) is 2.88. The van der Waals surface area contributed by atoms with Gasteiger partial charge >= 0.3 is 0 Å². The van der Waals surface area contributed by atoms with Crippen molar-refractivity contribution in [2.24, 2.45) is 0 Å². The lowest BCUT2D eigenvalue weighted by atomic mass is 10.1. The van der Waals surface area contributed by atoms with Crippen LogP contribution in [-0.2, 0) is 0 Å². The highest BCUT2D eigenvalue weighted by atomic mass is 32.1. The molecular formula is C14H12N2OS. The highest BCUT2D eigenvalue weighted by molar-refractivity contribution is 7.21. The van der Waals surface area contributed by atoms with Crippen LogP contribution in [0.15, 0.2) is 42.5 Å². The number of fused-ring (bicyclic) bond motifs is 1. The molecule has 0 aliphatic heterocycles. The Balaban J connectivity index is 2.11. The standard InChI is InChI=1S/C14H12N2OS/c1-9-8-10(6-7-11(9)16-17)14-15-12-4-2-3-5-13(12)18-14/h2-8,16-17H,1H3. The number of nitrogens with one attached hydrogen (secondary N) is 1. The summed E-state index contributed by atoms with van der Waals surface area (Å²) in [5.74, 6) is 0. The average molecular weight is 256 g/mol. The SMILES string of the molecule is Cc1cc(-c2nc3ccccc3s2)ccc1NO. The molecule has 2 N–H and O–H groups in total. The summed E-state index contributed by atoms with van der Waals surface area (Å²) in [6.45, 7) is 1.95. The van der Waals surface area contributed by atoms with Gasteiger partial charge in [0.1, 0.15) is 5.01 Å². The number of thiazole rings is 1. The Morgan fingerprint density at radius 2 is 2.00 bits per heavy atom. The van der Waals surface area contributed by atoms with Gasteiger partial charge in [-0.3, -0.25) is 10.7 Å². The molecule has 4 heteroatoms. The molecule has 0 atom stereocenters. The fraction of sp³-hybridized carbons (Fsp3) is 0.0714. The number of para-hydroxylation sites is 1. The van der Waals surface area contributed by atoms with Crippen LogP contribution in [0.1, 0.15) is 5.56 Å². The minimum atomic E-state index is 0.722. The molecule has 0 aliphatic carbocycles. The van der Waals surface area contributed by atoms with E-state index in [4.69, 9.17) is 5.21 Å². The molecule has 3 nitrogen and oxygen atoms in total. The Morgan fingerprint density at radius 3 is 2.72 bits per heavy atom. The molecule has 0 saturated heterocycles. The Morgan fingerprint density at radius 1 is 1.17 bits per heavy atom. The molecule has 3 rings (SSSR count). The van der Waals surface area contributed by atoms with Gasteiger partial charge in [0, 0.05) is 5.56 Å². The number of rotatable bonds is 2. The summed E-state index contributed by atoms with van der Waals surface area (Å²) < 4.78 is 1.19. The van der Waals surface area contributed by atoms with Crippen molar-refractivity contribution in [2.45, 2.75) is 6.92 Å². The quantitative estimate of drug-likeness (QED) is 0.679. The van der Waals surface area contributed by atoms with Crippen LogP contribution in [0.5, 0.6) is 0 Å². The number of benzene rings is 2. The average Bonchev–Trinajstić information content (AvgIpc) is 2.82. The van der Waals surface area contributed by atoms with E-state index in [1.807, 2.05) is 43.3 Å². The second-order valence-corrected chi connectivity index (χ2v) is 5.16. The van der Waals surface area contributed by atoms with E-state index in [9.17, 15) is 0 Å². The van der Waals surface area contributed by atoms with Gasteiger partial charge < -0.3 is 0 Å².